The summed E-state index contributed by atoms with van der Waals surface area (Å²) in [6, 6.07) is 3.80. The monoisotopic (exact) mass is 280 g/mol. The Morgan fingerprint density at radius 1 is 1.47 bits per heavy atom. The number of aliphatic hydroxyl groups is 1. The Bertz CT molecular complexity index is 508. The number of nitrogens with one attached hydrogen (secondary N) is 1. The second kappa shape index (κ2) is 6.32. The summed E-state index contributed by atoms with van der Waals surface area (Å²) in [6.45, 7) is 6.91. The molecule has 5 heteroatoms. The van der Waals surface area contributed by atoms with Gasteiger partial charge in [0.15, 0.2) is 0 Å². The minimum absolute atomic E-state index is 0.210. The highest BCUT2D eigenvalue weighted by atomic mass is 32.1. The van der Waals surface area contributed by atoms with Crippen molar-refractivity contribution in [2.75, 3.05) is 0 Å². The molecule has 2 unspecified atom stereocenters. The van der Waals surface area contributed by atoms with Gasteiger partial charge in [0.05, 0.1) is 17.0 Å². The minimum atomic E-state index is -0.554. The molecule has 2 aromatic rings. The summed E-state index contributed by atoms with van der Waals surface area (Å²) >= 11 is 1.72. The highest BCUT2D eigenvalue weighted by molar-refractivity contribution is 7.11. The molecular weight excluding hydrogens is 260 g/mol. The van der Waals surface area contributed by atoms with E-state index in [1.807, 2.05) is 13.8 Å². The molecule has 2 heterocycles. The Hall–Kier alpha value is -1.17. The van der Waals surface area contributed by atoms with Crippen LogP contribution in [-0.4, -0.2) is 16.1 Å². The van der Waals surface area contributed by atoms with Crippen LogP contribution in [0.25, 0.3) is 0 Å². The number of aryl methyl sites for hydroxylation is 2. The molecule has 2 aromatic heterocycles. The number of aliphatic hydroxyl groups excluding tert-OH is 1. The van der Waals surface area contributed by atoms with E-state index in [-0.39, 0.29) is 6.04 Å². The fraction of sp³-hybridized carbons (Fsp3) is 0.500. The number of hydrogen-bond donors (Lipinski definition) is 2. The van der Waals surface area contributed by atoms with E-state index in [9.17, 15) is 5.11 Å². The molecule has 0 saturated carbocycles. The predicted molar refractivity (Wildman–Crippen MR) is 76.2 cm³/mol. The van der Waals surface area contributed by atoms with Crippen molar-refractivity contribution >= 4 is 11.3 Å². The predicted octanol–water partition coefficient (Wildman–Crippen LogP) is 2.95. The Labute approximate surface area is 117 Å². The van der Waals surface area contributed by atoms with Crippen molar-refractivity contribution in [2.24, 2.45) is 0 Å². The Morgan fingerprint density at radius 3 is 2.84 bits per heavy atom. The smallest absolute Gasteiger partial charge is 0.132 e. The normalized spacial score (nSPS) is 14.5. The number of aromatic nitrogens is 1. The molecule has 0 saturated heterocycles. The van der Waals surface area contributed by atoms with Crippen LogP contribution < -0.4 is 5.32 Å². The average Bonchev–Trinajstić information content (AvgIpc) is 2.96. The summed E-state index contributed by atoms with van der Waals surface area (Å²) in [5.74, 6) is 0.624. The molecule has 0 amide bonds. The Balaban J connectivity index is 1.81. The highest BCUT2D eigenvalue weighted by Gasteiger charge is 2.15. The van der Waals surface area contributed by atoms with Crippen molar-refractivity contribution in [1.82, 2.24) is 10.3 Å². The fourth-order valence-corrected chi connectivity index (χ4v) is 2.91. The lowest BCUT2D eigenvalue weighted by molar-refractivity contribution is 0.128. The van der Waals surface area contributed by atoms with Crippen LogP contribution >= 0.6 is 11.3 Å². The first-order valence-corrected chi connectivity index (χ1v) is 7.25. The molecule has 19 heavy (non-hydrogen) atoms. The SMILES string of the molecule is Cc1nc(C)c(CNC(C)CC(O)c2ccco2)s1. The second-order valence-corrected chi connectivity index (χ2v) is 6.08. The van der Waals surface area contributed by atoms with Gasteiger partial charge in [-0.25, -0.2) is 4.98 Å². The van der Waals surface area contributed by atoms with Crippen LogP contribution in [0.1, 0.15) is 40.8 Å². The van der Waals surface area contributed by atoms with Crippen molar-refractivity contribution in [3.8, 4) is 0 Å². The first-order chi connectivity index (χ1) is 9.06. The molecule has 2 rings (SSSR count). The van der Waals surface area contributed by atoms with E-state index in [1.165, 1.54) is 4.88 Å². The summed E-state index contributed by atoms with van der Waals surface area (Å²) in [4.78, 5) is 5.67. The van der Waals surface area contributed by atoms with Crippen LogP contribution in [0, 0.1) is 13.8 Å². The number of thiazole rings is 1. The minimum Gasteiger partial charge on any atom is -0.467 e. The zero-order valence-corrected chi connectivity index (χ0v) is 12.3. The van der Waals surface area contributed by atoms with Crippen LogP contribution in [-0.2, 0) is 6.54 Å². The van der Waals surface area contributed by atoms with Gasteiger partial charge in [-0.3, -0.25) is 0 Å². The van der Waals surface area contributed by atoms with E-state index >= 15 is 0 Å². The molecule has 104 valence electrons. The van der Waals surface area contributed by atoms with Gasteiger partial charge in [-0.15, -0.1) is 11.3 Å². The zero-order valence-electron chi connectivity index (χ0n) is 11.5. The topological polar surface area (TPSA) is 58.3 Å². The fourth-order valence-electron chi connectivity index (χ4n) is 2.02. The quantitative estimate of drug-likeness (QED) is 0.854. The second-order valence-electron chi connectivity index (χ2n) is 4.79. The van der Waals surface area contributed by atoms with E-state index in [4.69, 9.17) is 4.42 Å². The third-order valence-electron chi connectivity index (χ3n) is 3.06. The van der Waals surface area contributed by atoms with E-state index in [0.29, 0.717) is 12.2 Å². The van der Waals surface area contributed by atoms with Gasteiger partial charge in [-0.2, -0.15) is 0 Å². The lowest BCUT2D eigenvalue weighted by atomic mass is 10.1. The maximum atomic E-state index is 9.99. The lowest BCUT2D eigenvalue weighted by Crippen LogP contribution is -2.27. The van der Waals surface area contributed by atoms with Gasteiger partial charge >= 0.3 is 0 Å². The van der Waals surface area contributed by atoms with Gasteiger partial charge in [-0.05, 0) is 39.3 Å². The highest BCUT2D eigenvalue weighted by Crippen LogP contribution is 2.20. The molecule has 0 aromatic carbocycles. The molecule has 0 aliphatic heterocycles. The van der Waals surface area contributed by atoms with Crippen molar-refractivity contribution in [2.45, 2.75) is 45.9 Å². The van der Waals surface area contributed by atoms with Gasteiger partial charge in [0.25, 0.3) is 0 Å². The van der Waals surface area contributed by atoms with Gasteiger partial charge in [0.1, 0.15) is 11.9 Å². The largest absolute Gasteiger partial charge is 0.467 e. The Kier molecular flexibility index (Phi) is 4.74. The zero-order chi connectivity index (χ0) is 13.8. The first kappa shape index (κ1) is 14.2. The molecule has 4 nitrogen and oxygen atoms in total. The van der Waals surface area contributed by atoms with Crippen LogP contribution in [0.5, 0.6) is 0 Å². The molecule has 0 bridgehead atoms. The summed E-state index contributed by atoms with van der Waals surface area (Å²) in [7, 11) is 0. The van der Waals surface area contributed by atoms with Gasteiger partial charge in [0, 0.05) is 17.5 Å². The molecule has 0 spiro atoms. The van der Waals surface area contributed by atoms with E-state index in [2.05, 4.69) is 17.2 Å². The van der Waals surface area contributed by atoms with Crippen LogP contribution in [0.3, 0.4) is 0 Å². The number of furan rings is 1. The standard InChI is InChI=1S/C14H20N2O2S/c1-9(7-12(17)13-5-4-6-18-13)15-8-14-10(2)16-11(3)19-14/h4-6,9,12,15,17H,7-8H2,1-3H3. The van der Waals surface area contributed by atoms with E-state index in [1.54, 1.807) is 29.7 Å². The van der Waals surface area contributed by atoms with Crippen molar-refractivity contribution in [3.63, 3.8) is 0 Å². The van der Waals surface area contributed by atoms with Crippen molar-refractivity contribution < 1.29 is 9.52 Å². The third kappa shape index (κ3) is 3.89. The maximum absolute atomic E-state index is 9.99. The third-order valence-corrected chi connectivity index (χ3v) is 4.13. The van der Waals surface area contributed by atoms with Crippen LogP contribution in [0.15, 0.2) is 22.8 Å². The first-order valence-electron chi connectivity index (χ1n) is 6.44. The lowest BCUT2D eigenvalue weighted by Gasteiger charge is -2.16. The maximum Gasteiger partial charge on any atom is 0.132 e. The summed E-state index contributed by atoms with van der Waals surface area (Å²) in [5, 5.41) is 14.5. The van der Waals surface area contributed by atoms with E-state index in [0.717, 1.165) is 17.2 Å². The van der Waals surface area contributed by atoms with Crippen molar-refractivity contribution in [1.29, 1.82) is 0 Å². The summed E-state index contributed by atoms with van der Waals surface area (Å²) in [6.07, 6.45) is 1.66. The van der Waals surface area contributed by atoms with Gasteiger partial charge in [0.2, 0.25) is 0 Å². The molecule has 0 radical (unpaired) electrons. The Morgan fingerprint density at radius 2 is 2.26 bits per heavy atom. The molecule has 0 aliphatic rings. The summed E-state index contributed by atoms with van der Waals surface area (Å²) in [5.41, 5.74) is 1.09. The van der Waals surface area contributed by atoms with Crippen LogP contribution in [0.2, 0.25) is 0 Å². The number of hydrogen-bond acceptors (Lipinski definition) is 5. The molecule has 0 aliphatic carbocycles. The van der Waals surface area contributed by atoms with E-state index < -0.39 is 6.10 Å². The average molecular weight is 280 g/mol. The number of nitrogens with zero attached hydrogens (tertiary/aromatic N) is 1. The molecular formula is C14H20N2O2S. The number of rotatable bonds is 6. The molecule has 0 fully saturated rings. The van der Waals surface area contributed by atoms with Crippen molar-refractivity contribution in [3.05, 3.63) is 39.7 Å². The summed E-state index contributed by atoms with van der Waals surface area (Å²) < 4.78 is 5.20. The van der Waals surface area contributed by atoms with Gasteiger partial charge in [-0.1, -0.05) is 0 Å². The molecule has 2 N–H and O–H groups in total. The molecule has 2 atom stereocenters. The van der Waals surface area contributed by atoms with Crippen LogP contribution in [0.4, 0.5) is 0 Å². The van der Waals surface area contributed by atoms with Gasteiger partial charge < -0.3 is 14.8 Å².